The van der Waals surface area contributed by atoms with Crippen LogP contribution in [0.5, 0.6) is 5.75 Å². The Kier molecular flexibility index (Phi) is 3.74. The zero-order valence-electron chi connectivity index (χ0n) is 9.50. The molecule has 3 rings (SSSR count). The fourth-order valence-electron chi connectivity index (χ4n) is 2.34. The van der Waals surface area contributed by atoms with E-state index in [2.05, 4.69) is 17.2 Å². The third-order valence-electron chi connectivity index (χ3n) is 3.18. The van der Waals surface area contributed by atoms with Crippen LogP contribution in [0.3, 0.4) is 0 Å². The molecule has 0 aliphatic carbocycles. The molecule has 2 heterocycles. The number of fused-ring (bicyclic) bond motifs is 3. The van der Waals surface area contributed by atoms with E-state index in [-0.39, 0.29) is 33.8 Å². The van der Waals surface area contributed by atoms with E-state index in [9.17, 15) is 5.11 Å². The number of nitrogens with one attached hydrogen (secondary N) is 1. The second-order valence-electron chi connectivity index (χ2n) is 4.22. The molecule has 0 saturated carbocycles. The summed E-state index contributed by atoms with van der Waals surface area (Å²) >= 11 is 12.0. The van der Waals surface area contributed by atoms with Crippen molar-refractivity contribution in [3.63, 3.8) is 0 Å². The number of aromatic hydroxyl groups is 1. The van der Waals surface area contributed by atoms with Gasteiger partial charge in [0.25, 0.3) is 0 Å². The van der Waals surface area contributed by atoms with Gasteiger partial charge in [-0.3, -0.25) is 4.98 Å². The second kappa shape index (κ2) is 4.85. The van der Waals surface area contributed by atoms with Crippen LogP contribution < -0.4 is 5.32 Å². The molecule has 1 atom stereocenters. The summed E-state index contributed by atoms with van der Waals surface area (Å²) in [5.41, 5.74) is 2.93. The molecule has 0 radical (unpaired) electrons. The Morgan fingerprint density at radius 1 is 1.39 bits per heavy atom. The SMILES string of the molecule is Br.C[C@@H]1NCc2cnc3c(Cl)c(Cl)c(O)cc3c21. The molecule has 2 N–H and O–H groups in total. The van der Waals surface area contributed by atoms with E-state index in [1.54, 1.807) is 6.07 Å². The predicted molar refractivity (Wildman–Crippen MR) is 79.0 cm³/mol. The van der Waals surface area contributed by atoms with Crippen molar-refractivity contribution in [1.29, 1.82) is 0 Å². The summed E-state index contributed by atoms with van der Waals surface area (Å²) in [6.45, 7) is 2.87. The molecule has 0 unspecified atom stereocenters. The number of pyridine rings is 1. The molecular weight excluding hydrogens is 339 g/mol. The molecule has 2 aromatic rings. The first-order chi connectivity index (χ1) is 8.09. The predicted octanol–water partition coefficient (Wildman–Crippen LogP) is 3.99. The van der Waals surface area contributed by atoms with Crippen LogP contribution in [-0.2, 0) is 6.54 Å². The van der Waals surface area contributed by atoms with E-state index in [1.165, 1.54) is 0 Å². The van der Waals surface area contributed by atoms with Crippen LogP contribution in [0.1, 0.15) is 24.1 Å². The third-order valence-corrected chi connectivity index (χ3v) is 4.03. The first kappa shape index (κ1) is 13.9. The minimum absolute atomic E-state index is 0. The van der Waals surface area contributed by atoms with Gasteiger partial charge >= 0.3 is 0 Å². The van der Waals surface area contributed by atoms with E-state index in [0.29, 0.717) is 10.5 Å². The topological polar surface area (TPSA) is 45.2 Å². The minimum Gasteiger partial charge on any atom is -0.506 e. The van der Waals surface area contributed by atoms with Gasteiger partial charge in [0, 0.05) is 24.2 Å². The van der Waals surface area contributed by atoms with Gasteiger partial charge in [-0.25, -0.2) is 0 Å². The van der Waals surface area contributed by atoms with E-state index >= 15 is 0 Å². The van der Waals surface area contributed by atoms with Crippen LogP contribution in [0, 0.1) is 0 Å². The molecule has 18 heavy (non-hydrogen) atoms. The minimum atomic E-state index is -0.00142. The second-order valence-corrected chi connectivity index (χ2v) is 4.98. The van der Waals surface area contributed by atoms with E-state index in [4.69, 9.17) is 23.2 Å². The Morgan fingerprint density at radius 2 is 2.11 bits per heavy atom. The summed E-state index contributed by atoms with van der Waals surface area (Å²) in [5.74, 6) is -0.00142. The van der Waals surface area contributed by atoms with Crippen LogP contribution in [-0.4, -0.2) is 10.1 Å². The summed E-state index contributed by atoms with van der Waals surface area (Å²) in [4.78, 5) is 4.32. The van der Waals surface area contributed by atoms with Crippen molar-refractivity contribution in [2.75, 3.05) is 0 Å². The van der Waals surface area contributed by atoms with Crippen LogP contribution >= 0.6 is 40.2 Å². The number of benzene rings is 1. The number of phenolic OH excluding ortho intramolecular Hbond substituents is 1. The maximum atomic E-state index is 9.75. The summed E-state index contributed by atoms with van der Waals surface area (Å²) in [6.07, 6.45) is 1.81. The van der Waals surface area contributed by atoms with E-state index in [0.717, 1.165) is 23.1 Å². The number of phenols is 1. The first-order valence-corrected chi connectivity index (χ1v) is 6.07. The lowest BCUT2D eigenvalue weighted by Crippen LogP contribution is -2.07. The summed E-state index contributed by atoms with van der Waals surface area (Å²) in [7, 11) is 0. The molecule has 0 saturated heterocycles. The lowest BCUT2D eigenvalue weighted by atomic mass is 10.0. The van der Waals surface area contributed by atoms with Crippen molar-refractivity contribution in [1.82, 2.24) is 10.3 Å². The van der Waals surface area contributed by atoms with Crippen molar-refractivity contribution in [3.8, 4) is 5.75 Å². The van der Waals surface area contributed by atoms with Crippen LogP contribution in [0.25, 0.3) is 10.9 Å². The van der Waals surface area contributed by atoms with Gasteiger partial charge in [0.1, 0.15) is 10.8 Å². The number of aromatic nitrogens is 1. The highest BCUT2D eigenvalue weighted by Crippen LogP contribution is 2.41. The fourth-order valence-corrected chi connectivity index (χ4v) is 2.73. The van der Waals surface area contributed by atoms with Gasteiger partial charge in [-0.1, -0.05) is 23.2 Å². The maximum absolute atomic E-state index is 9.75. The average Bonchev–Trinajstić information content (AvgIpc) is 2.68. The summed E-state index contributed by atoms with van der Waals surface area (Å²) in [5, 5.41) is 14.4. The molecule has 6 heteroatoms. The molecule has 96 valence electrons. The molecule has 1 aromatic carbocycles. The molecule has 0 bridgehead atoms. The van der Waals surface area contributed by atoms with Gasteiger partial charge in [-0.2, -0.15) is 0 Å². The highest BCUT2D eigenvalue weighted by atomic mass is 79.9. The van der Waals surface area contributed by atoms with Gasteiger partial charge in [0.15, 0.2) is 0 Å². The van der Waals surface area contributed by atoms with Crippen molar-refractivity contribution < 1.29 is 5.11 Å². The van der Waals surface area contributed by atoms with Crippen molar-refractivity contribution in [3.05, 3.63) is 33.4 Å². The smallest absolute Gasteiger partial charge is 0.136 e. The quantitative estimate of drug-likeness (QED) is 0.755. The van der Waals surface area contributed by atoms with Crippen LogP contribution in [0.4, 0.5) is 0 Å². The van der Waals surface area contributed by atoms with E-state index < -0.39 is 0 Å². The first-order valence-electron chi connectivity index (χ1n) is 5.31. The van der Waals surface area contributed by atoms with Crippen LogP contribution in [0.2, 0.25) is 10.0 Å². The molecule has 1 aromatic heterocycles. The average molecular weight is 350 g/mol. The van der Waals surface area contributed by atoms with Gasteiger partial charge < -0.3 is 10.4 Å². The molecule has 1 aliphatic heterocycles. The summed E-state index contributed by atoms with van der Waals surface area (Å²) < 4.78 is 0. The number of halogens is 3. The highest BCUT2D eigenvalue weighted by Gasteiger charge is 2.23. The molecule has 0 amide bonds. The number of hydrogen-bond acceptors (Lipinski definition) is 3. The van der Waals surface area contributed by atoms with Gasteiger partial charge in [0.05, 0.1) is 10.5 Å². The number of hydrogen-bond donors (Lipinski definition) is 2. The third kappa shape index (κ3) is 1.88. The van der Waals surface area contributed by atoms with Gasteiger partial charge in [0.2, 0.25) is 0 Å². The normalized spacial score (nSPS) is 17.6. The summed E-state index contributed by atoms with van der Waals surface area (Å²) in [6, 6.07) is 1.87. The molecule has 0 spiro atoms. The molecule has 0 fully saturated rings. The standard InChI is InChI=1S/C12H10Cl2N2O.BrH/c1-5-9-6(3-15-5)4-16-12-7(9)2-8(17)10(13)11(12)14;/h2,4-5,15,17H,3H2,1H3;1H/t5-;/m0./s1. The Bertz CT molecular complexity index is 633. The highest BCUT2D eigenvalue weighted by molar-refractivity contribution is 8.93. The Hall–Kier alpha value is -0.550. The number of nitrogens with zero attached hydrogens (tertiary/aromatic N) is 1. The Labute approximate surface area is 125 Å². The lowest BCUT2D eigenvalue weighted by Gasteiger charge is -2.11. The Balaban J connectivity index is 0.00000120. The largest absolute Gasteiger partial charge is 0.506 e. The monoisotopic (exact) mass is 348 g/mol. The molecular formula is C12H11BrCl2N2O. The van der Waals surface area contributed by atoms with Crippen molar-refractivity contribution in [2.24, 2.45) is 0 Å². The van der Waals surface area contributed by atoms with Crippen molar-refractivity contribution >= 4 is 51.1 Å². The Morgan fingerprint density at radius 3 is 2.83 bits per heavy atom. The van der Waals surface area contributed by atoms with Crippen LogP contribution in [0.15, 0.2) is 12.3 Å². The molecule has 1 aliphatic rings. The van der Waals surface area contributed by atoms with Gasteiger partial charge in [-0.05, 0) is 24.1 Å². The van der Waals surface area contributed by atoms with E-state index in [1.807, 2.05) is 6.20 Å². The zero-order valence-corrected chi connectivity index (χ0v) is 12.7. The lowest BCUT2D eigenvalue weighted by molar-refractivity contribution is 0.476. The number of rotatable bonds is 0. The van der Waals surface area contributed by atoms with Crippen molar-refractivity contribution in [2.45, 2.75) is 19.5 Å². The van der Waals surface area contributed by atoms with Gasteiger partial charge in [-0.15, -0.1) is 17.0 Å². The molecule has 3 nitrogen and oxygen atoms in total. The fraction of sp³-hybridized carbons (Fsp3) is 0.250. The maximum Gasteiger partial charge on any atom is 0.136 e. The zero-order chi connectivity index (χ0) is 12.2.